The van der Waals surface area contributed by atoms with Crippen LogP contribution in [0.3, 0.4) is 0 Å². The molecule has 0 spiro atoms. The van der Waals surface area contributed by atoms with Crippen LogP contribution in [0.25, 0.3) is 86.2 Å². The van der Waals surface area contributed by atoms with E-state index in [-0.39, 0.29) is 58.0 Å². The van der Waals surface area contributed by atoms with Gasteiger partial charge < -0.3 is 19.5 Å². The van der Waals surface area contributed by atoms with Crippen molar-refractivity contribution in [3.05, 3.63) is 180 Å². The van der Waals surface area contributed by atoms with Gasteiger partial charge in [0.25, 0.3) is 0 Å². The average Bonchev–Trinajstić information content (AvgIpc) is 1.62. The average molecular weight is 1300 g/mol. The summed E-state index contributed by atoms with van der Waals surface area (Å²) in [6, 6.07) is 28.2. The summed E-state index contributed by atoms with van der Waals surface area (Å²) < 4.78 is 59.8. The van der Waals surface area contributed by atoms with Crippen LogP contribution in [-0.4, -0.2) is 90.8 Å². The lowest BCUT2D eigenvalue weighted by molar-refractivity contribution is -0.145. The summed E-state index contributed by atoms with van der Waals surface area (Å²) in [5.74, 6) is 2.49. The second-order valence-electron chi connectivity index (χ2n) is 23.2. The van der Waals surface area contributed by atoms with Crippen LogP contribution in [0.15, 0.2) is 78.9 Å². The van der Waals surface area contributed by atoms with E-state index in [1.807, 2.05) is 107 Å². The maximum absolute atomic E-state index is 12.8. The first-order valence-corrected chi connectivity index (χ1v) is 30.3. The minimum atomic E-state index is -4.63. The van der Waals surface area contributed by atoms with E-state index in [4.69, 9.17) is 33.9 Å². The summed E-state index contributed by atoms with van der Waals surface area (Å²) in [5.41, 5.74) is 5.36. The molecule has 0 saturated heterocycles. The molecule has 11 rings (SSSR count). The van der Waals surface area contributed by atoms with E-state index in [2.05, 4.69) is 114 Å². The predicted molar refractivity (Wildman–Crippen MR) is 356 cm³/mol. The van der Waals surface area contributed by atoms with Crippen molar-refractivity contribution in [2.75, 3.05) is 25.8 Å². The predicted octanol–water partition coefficient (Wildman–Crippen LogP) is 12.2. The minimum absolute atomic E-state index is 0.0304. The van der Waals surface area contributed by atoms with Gasteiger partial charge in [0.05, 0.1) is 88.0 Å². The zero-order valence-corrected chi connectivity index (χ0v) is 54.4. The molecule has 96 heavy (non-hydrogen) atoms. The molecule has 23 nitrogen and oxygen atoms in total. The number of hydrogen-bond donors (Lipinski definition) is 1. The zero-order valence-electron chi connectivity index (χ0n) is 54.4. The van der Waals surface area contributed by atoms with E-state index in [1.165, 1.54) is 34.5 Å². The third-order valence-electron chi connectivity index (χ3n) is 15.3. The van der Waals surface area contributed by atoms with Crippen LogP contribution < -0.4 is 31.5 Å². The lowest BCUT2D eigenvalue weighted by Gasteiger charge is -2.20. The smallest absolute Gasteiger partial charge is 0.409 e. The molecule has 0 unspecified atom stereocenters. The van der Waals surface area contributed by atoms with Gasteiger partial charge >= 0.3 is 18.1 Å². The number of halogens is 3. The maximum Gasteiger partial charge on any atom is 0.409 e. The van der Waals surface area contributed by atoms with Crippen molar-refractivity contribution in [2.24, 2.45) is 0 Å². The molecule has 0 aliphatic carbocycles. The van der Waals surface area contributed by atoms with Crippen molar-refractivity contribution in [3.8, 4) is 40.7 Å². The Kier molecular flexibility index (Phi) is 21.6. The van der Waals surface area contributed by atoms with Crippen LogP contribution >= 0.6 is 0 Å². The Morgan fingerprint density at radius 1 is 0.656 bits per heavy atom. The lowest BCUT2D eigenvalue weighted by atomic mass is 9.94. The minimum Gasteiger partial charge on any atom is -0.473 e. The number of fused-ring (bicyclic) bond motifs is 4. The number of benzene rings is 3. The highest BCUT2D eigenvalue weighted by Crippen LogP contribution is 2.37. The van der Waals surface area contributed by atoms with Crippen LogP contribution in [0, 0.1) is 49.3 Å². The van der Waals surface area contributed by atoms with E-state index in [1.54, 1.807) is 16.6 Å². The van der Waals surface area contributed by atoms with Crippen LogP contribution in [0.1, 0.15) is 149 Å². The molecular formula is C70H67F3N18O5. The van der Waals surface area contributed by atoms with Gasteiger partial charge in [0.15, 0.2) is 52.6 Å². The van der Waals surface area contributed by atoms with Gasteiger partial charge in [-0.1, -0.05) is 117 Å². The van der Waals surface area contributed by atoms with Gasteiger partial charge in [-0.3, -0.25) is 4.79 Å². The Balaban J connectivity index is 0.000000166. The molecule has 0 radical (unpaired) electrons. The summed E-state index contributed by atoms with van der Waals surface area (Å²) in [4.78, 5) is 50.7. The Labute approximate surface area is 550 Å². The van der Waals surface area contributed by atoms with Crippen LogP contribution in [-0.2, 0) is 25.9 Å². The number of nitrogens with zero attached hydrogens (tertiary/aromatic N) is 17. The number of methoxy groups -OCH3 is 1. The van der Waals surface area contributed by atoms with E-state index in [0.717, 1.165) is 62.9 Å². The largest absolute Gasteiger partial charge is 0.473 e. The molecular weight excluding hydrogens is 1230 g/mol. The second-order valence-corrected chi connectivity index (χ2v) is 23.2. The molecule has 1 N–H and O–H groups in total. The summed E-state index contributed by atoms with van der Waals surface area (Å²) >= 11 is 0. The SMILES string of the molecule is C=c1c(C)c(C(C)C)c2nc(-c3ccc(C(=O)OC)cc3)nn12.[C-]#[N+]c1c(C#N)c(=C)n2nc(-c3ccc(NCOc4ccccc4)cc3)nc12.[C-]#[N+]c1c(C#N)c(=C)n2nc(C(C)(C)COC(=O)CCCCCCC)nc12.[C-]#[N+]c1c(C(F)(F)F)c(=C)n2nc(C(C)C)nc12. The Morgan fingerprint density at radius 3 is 1.71 bits per heavy atom. The van der Waals surface area contributed by atoms with Crippen molar-refractivity contribution in [2.45, 2.75) is 117 Å². The normalized spacial score (nSPS) is 11.2. The van der Waals surface area contributed by atoms with Crippen molar-refractivity contribution < 1.29 is 37.0 Å². The molecule has 0 saturated carbocycles. The van der Waals surface area contributed by atoms with Gasteiger partial charge in [-0.2, -0.15) is 33.9 Å². The number of ether oxygens (including phenoxy) is 3. The molecule has 488 valence electrons. The molecule has 3 aromatic carbocycles. The second kappa shape index (κ2) is 29.7. The summed E-state index contributed by atoms with van der Waals surface area (Å²) in [7, 11) is 1.37. The lowest BCUT2D eigenvalue weighted by Crippen LogP contribution is -2.28. The van der Waals surface area contributed by atoms with Crippen molar-refractivity contribution in [1.29, 1.82) is 10.5 Å². The fourth-order valence-electron chi connectivity index (χ4n) is 10.1. The molecule has 0 amide bonds. The number of para-hydroxylation sites is 1. The zero-order chi connectivity index (χ0) is 69.9. The first kappa shape index (κ1) is 69.8. The Bertz CT molecular complexity index is 5100. The Hall–Kier alpha value is -12.1. The van der Waals surface area contributed by atoms with E-state index in [9.17, 15) is 33.3 Å². The third kappa shape index (κ3) is 14.7. The molecule has 8 aromatic heterocycles. The molecule has 8 heterocycles. The number of nitriles is 2. The van der Waals surface area contributed by atoms with Gasteiger partial charge in [-0.15, -0.1) is 10.2 Å². The van der Waals surface area contributed by atoms with Gasteiger partial charge in [0, 0.05) is 34.7 Å². The van der Waals surface area contributed by atoms with Crippen molar-refractivity contribution >= 4 is 83.6 Å². The van der Waals surface area contributed by atoms with Crippen LogP contribution in [0.5, 0.6) is 5.75 Å². The van der Waals surface area contributed by atoms with Crippen LogP contribution in [0.2, 0.25) is 0 Å². The highest BCUT2D eigenvalue weighted by molar-refractivity contribution is 5.90. The number of alkyl halides is 3. The Morgan fingerprint density at radius 2 is 1.18 bits per heavy atom. The van der Waals surface area contributed by atoms with E-state index in [0.29, 0.717) is 69.9 Å². The number of aromatic nitrogens is 12. The van der Waals surface area contributed by atoms with Crippen molar-refractivity contribution in [1.82, 2.24) is 58.4 Å². The van der Waals surface area contributed by atoms with Gasteiger partial charge in [0.2, 0.25) is 17.1 Å². The number of anilines is 1. The molecule has 0 fully saturated rings. The highest BCUT2D eigenvalue weighted by atomic mass is 19.4. The summed E-state index contributed by atoms with van der Waals surface area (Å²) in [6.45, 7) is 53.0. The fraction of sp³-hybridized carbons (Fsp3) is 0.300. The molecule has 0 bridgehead atoms. The number of unbranched alkanes of at least 4 members (excludes halogenated alkanes) is 4. The highest BCUT2D eigenvalue weighted by Gasteiger charge is 2.39. The monoisotopic (exact) mass is 1300 g/mol. The maximum atomic E-state index is 12.8. The number of hydrogen-bond acceptors (Lipinski definition) is 16. The fourth-order valence-corrected chi connectivity index (χ4v) is 10.1. The standard InChI is InChI=1S/C21H14N6O.C20H25N5O2.C18H19N3O2.C11H9F3N4/c1-14-18(12-22)19(23-2)21-25-20(26-27(14)21)15-8-10-16(11-9-15)24-13-28-17-6-4-3-5-7-17;1-6-7-8-9-10-11-16(26)27-13-20(3,4)19-23-18-17(22-5)15(12-21)14(2)25(18)24-19;1-10(2)15-11(3)12(4)21-17(15)19-16(20-21)13-6-8-14(9-7-13)18(22)23-5;1-5(2)9-16-10-8(15-4)7(11(12,13)14)6(3)18(10)17-9/h3-11,24H,1,13H2;2,6-11,13H2,1,3-4H3;6-10H,4H2,1-3,5H3;5H,3H2,1-2H3. The van der Waals surface area contributed by atoms with E-state index < -0.39 is 22.8 Å². The van der Waals surface area contributed by atoms with Crippen LogP contribution in [0.4, 0.5) is 35.9 Å². The van der Waals surface area contributed by atoms with Gasteiger partial charge in [-0.25, -0.2) is 57.3 Å². The van der Waals surface area contributed by atoms with Gasteiger partial charge in [0.1, 0.15) is 12.4 Å². The number of carbonyl (C=O) groups is 2. The molecule has 0 aliphatic rings. The van der Waals surface area contributed by atoms with E-state index >= 15 is 0 Å². The summed E-state index contributed by atoms with van der Waals surface area (Å²) in [5, 5.41) is 40.1. The summed E-state index contributed by atoms with van der Waals surface area (Å²) in [6.07, 6.45) is 1.18. The number of nitrogens with one attached hydrogen (secondary N) is 1. The number of rotatable bonds is 18. The van der Waals surface area contributed by atoms with Gasteiger partial charge in [-0.05, 0) is 87.2 Å². The topological polar surface area (TPSA) is 255 Å². The van der Waals surface area contributed by atoms with Crippen molar-refractivity contribution in [3.63, 3.8) is 0 Å². The number of carbonyl (C=O) groups excluding carboxylic acids is 2. The molecule has 0 atom stereocenters. The molecule has 11 aromatic rings. The quantitative estimate of drug-likeness (QED) is 0.0362. The molecule has 26 heteroatoms. The molecule has 0 aliphatic heterocycles. The first-order valence-electron chi connectivity index (χ1n) is 30.3. The first-order chi connectivity index (χ1) is 45.8. The number of esters is 2. The third-order valence-corrected chi connectivity index (χ3v) is 15.3.